The van der Waals surface area contributed by atoms with Gasteiger partial charge in [0.1, 0.15) is 0 Å². The van der Waals surface area contributed by atoms with Crippen LogP contribution >= 0.6 is 15.9 Å². The fourth-order valence-corrected chi connectivity index (χ4v) is 2.82. The van der Waals surface area contributed by atoms with E-state index in [1.807, 2.05) is 26.0 Å². The Morgan fingerprint density at radius 1 is 1.20 bits per heavy atom. The van der Waals surface area contributed by atoms with Gasteiger partial charge in [-0.25, -0.2) is 4.79 Å². The SMILES string of the molecule is CCN(CC)CCNC(=O)Nc1c(C)cc(Br)cc1C. The number of rotatable bonds is 6. The maximum atomic E-state index is 11.9. The third-order valence-corrected chi connectivity index (χ3v) is 3.80. The van der Waals surface area contributed by atoms with Gasteiger partial charge in [0, 0.05) is 23.2 Å². The summed E-state index contributed by atoms with van der Waals surface area (Å²) in [6.45, 7) is 11.8. The fraction of sp³-hybridized carbons (Fsp3) is 0.533. The average Bonchev–Trinajstić information content (AvgIpc) is 2.39. The highest BCUT2D eigenvalue weighted by atomic mass is 79.9. The van der Waals surface area contributed by atoms with Crippen molar-refractivity contribution in [2.24, 2.45) is 0 Å². The second kappa shape index (κ2) is 8.27. The van der Waals surface area contributed by atoms with Gasteiger partial charge in [0.2, 0.25) is 0 Å². The molecule has 1 aromatic carbocycles. The minimum Gasteiger partial charge on any atom is -0.337 e. The topological polar surface area (TPSA) is 44.4 Å². The number of halogens is 1. The molecular formula is C15H24BrN3O. The molecule has 2 N–H and O–H groups in total. The van der Waals surface area contributed by atoms with E-state index >= 15 is 0 Å². The van der Waals surface area contributed by atoms with Crippen LogP contribution in [0.4, 0.5) is 10.5 Å². The molecule has 0 saturated heterocycles. The maximum absolute atomic E-state index is 11.9. The van der Waals surface area contributed by atoms with E-state index < -0.39 is 0 Å². The zero-order valence-corrected chi connectivity index (χ0v) is 14.3. The molecule has 0 atom stereocenters. The van der Waals surface area contributed by atoms with Crippen LogP contribution < -0.4 is 10.6 Å². The molecule has 0 spiro atoms. The average molecular weight is 342 g/mol. The molecule has 0 aliphatic rings. The van der Waals surface area contributed by atoms with E-state index in [2.05, 4.69) is 45.3 Å². The highest BCUT2D eigenvalue weighted by Crippen LogP contribution is 2.24. The smallest absolute Gasteiger partial charge is 0.319 e. The summed E-state index contributed by atoms with van der Waals surface area (Å²) in [5.74, 6) is 0. The van der Waals surface area contributed by atoms with Crippen molar-refractivity contribution in [2.45, 2.75) is 27.7 Å². The van der Waals surface area contributed by atoms with E-state index in [0.29, 0.717) is 6.54 Å². The highest BCUT2D eigenvalue weighted by molar-refractivity contribution is 9.10. The molecule has 4 nitrogen and oxygen atoms in total. The Bertz CT molecular complexity index is 435. The molecule has 0 saturated carbocycles. The number of urea groups is 1. The van der Waals surface area contributed by atoms with Gasteiger partial charge < -0.3 is 15.5 Å². The standard InChI is InChI=1S/C15H24BrN3O/c1-5-19(6-2)8-7-17-15(20)18-14-11(3)9-13(16)10-12(14)4/h9-10H,5-8H2,1-4H3,(H2,17,18,20). The van der Waals surface area contributed by atoms with Gasteiger partial charge in [0.05, 0.1) is 0 Å². The van der Waals surface area contributed by atoms with Gasteiger partial charge in [0.25, 0.3) is 0 Å². The maximum Gasteiger partial charge on any atom is 0.319 e. The Hall–Kier alpha value is -1.07. The Balaban J connectivity index is 2.51. The van der Waals surface area contributed by atoms with Crippen molar-refractivity contribution in [3.63, 3.8) is 0 Å². The number of carbonyl (C=O) groups is 1. The summed E-state index contributed by atoms with van der Waals surface area (Å²) < 4.78 is 1.03. The first-order valence-corrected chi connectivity index (χ1v) is 7.81. The van der Waals surface area contributed by atoms with E-state index in [-0.39, 0.29) is 6.03 Å². The molecule has 0 radical (unpaired) electrons. The van der Waals surface area contributed by atoms with Crippen molar-refractivity contribution in [1.29, 1.82) is 0 Å². The molecule has 0 aliphatic carbocycles. The third-order valence-electron chi connectivity index (χ3n) is 3.34. The molecule has 112 valence electrons. The lowest BCUT2D eigenvalue weighted by molar-refractivity contribution is 0.247. The zero-order valence-electron chi connectivity index (χ0n) is 12.7. The lowest BCUT2D eigenvalue weighted by Gasteiger charge is -2.18. The number of aryl methyl sites for hydroxylation is 2. The lowest BCUT2D eigenvalue weighted by Crippen LogP contribution is -2.37. The molecule has 0 heterocycles. The van der Waals surface area contributed by atoms with Gasteiger partial charge in [0.15, 0.2) is 0 Å². The number of nitrogens with zero attached hydrogens (tertiary/aromatic N) is 1. The number of likely N-dealkylation sites (N-methyl/N-ethyl adjacent to an activating group) is 1. The fourth-order valence-electron chi connectivity index (χ4n) is 2.13. The number of nitrogens with one attached hydrogen (secondary N) is 2. The van der Waals surface area contributed by atoms with E-state index in [1.54, 1.807) is 0 Å². The molecule has 1 rings (SSSR count). The summed E-state index contributed by atoms with van der Waals surface area (Å²) in [5, 5.41) is 5.82. The molecule has 0 aliphatic heterocycles. The largest absolute Gasteiger partial charge is 0.337 e. The number of benzene rings is 1. The summed E-state index contributed by atoms with van der Waals surface area (Å²) in [6, 6.07) is 3.85. The van der Waals surface area contributed by atoms with Crippen molar-refractivity contribution in [1.82, 2.24) is 10.2 Å². The lowest BCUT2D eigenvalue weighted by atomic mass is 10.1. The molecular weight excluding hydrogens is 318 g/mol. The third kappa shape index (κ3) is 5.13. The van der Waals surface area contributed by atoms with Gasteiger partial charge in [-0.2, -0.15) is 0 Å². The van der Waals surface area contributed by atoms with Crippen molar-refractivity contribution < 1.29 is 4.79 Å². The predicted molar refractivity (Wildman–Crippen MR) is 88.4 cm³/mol. The minimum absolute atomic E-state index is 0.148. The normalized spacial score (nSPS) is 10.7. The summed E-state index contributed by atoms with van der Waals surface area (Å²) in [5.41, 5.74) is 2.99. The predicted octanol–water partition coefficient (Wildman–Crippen LogP) is 3.53. The quantitative estimate of drug-likeness (QED) is 0.831. The molecule has 0 fully saturated rings. The van der Waals surface area contributed by atoms with Crippen LogP contribution in [0.25, 0.3) is 0 Å². The van der Waals surface area contributed by atoms with E-state index in [1.165, 1.54) is 0 Å². The monoisotopic (exact) mass is 341 g/mol. The number of carbonyl (C=O) groups excluding carboxylic acids is 1. The van der Waals surface area contributed by atoms with E-state index in [9.17, 15) is 4.79 Å². The number of anilines is 1. The van der Waals surface area contributed by atoms with Gasteiger partial charge in [-0.05, 0) is 50.2 Å². The summed E-state index contributed by atoms with van der Waals surface area (Å²) >= 11 is 3.45. The second-order valence-corrected chi connectivity index (χ2v) is 5.74. The Morgan fingerprint density at radius 2 is 1.75 bits per heavy atom. The van der Waals surface area contributed by atoms with Crippen LogP contribution in [0.2, 0.25) is 0 Å². The first-order valence-electron chi connectivity index (χ1n) is 7.01. The second-order valence-electron chi connectivity index (χ2n) is 4.82. The summed E-state index contributed by atoms with van der Waals surface area (Å²) in [6.07, 6.45) is 0. The van der Waals surface area contributed by atoms with Crippen LogP contribution in [0, 0.1) is 13.8 Å². The Morgan fingerprint density at radius 3 is 2.25 bits per heavy atom. The zero-order chi connectivity index (χ0) is 15.1. The molecule has 20 heavy (non-hydrogen) atoms. The van der Waals surface area contributed by atoms with E-state index in [4.69, 9.17) is 0 Å². The first-order chi connectivity index (χ1) is 9.47. The van der Waals surface area contributed by atoms with Crippen LogP contribution in [-0.2, 0) is 0 Å². The van der Waals surface area contributed by atoms with Crippen molar-refractivity contribution in [3.8, 4) is 0 Å². The van der Waals surface area contributed by atoms with Crippen LogP contribution in [-0.4, -0.2) is 37.1 Å². The van der Waals surface area contributed by atoms with Crippen LogP contribution in [0.15, 0.2) is 16.6 Å². The molecule has 0 aromatic heterocycles. The summed E-state index contributed by atoms with van der Waals surface area (Å²) in [4.78, 5) is 14.2. The van der Waals surface area contributed by atoms with Gasteiger partial charge in [-0.15, -0.1) is 0 Å². The van der Waals surface area contributed by atoms with Crippen molar-refractivity contribution >= 4 is 27.6 Å². The van der Waals surface area contributed by atoms with Crippen LogP contribution in [0.5, 0.6) is 0 Å². The van der Waals surface area contributed by atoms with E-state index in [0.717, 1.165) is 40.9 Å². The van der Waals surface area contributed by atoms with Gasteiger partial charge in [-0.3, -0.25) is 0 Å². The Labute approximate surface area is 130 Å². The molecule has 0 bridgehead atoms. The molecule has 0 unspecified atom stereocenters. The number of amides is 2. The molecule has 5 heteroatoms. The highest BCUT2D eigenvalue weighted by Gasteiger charge is 2.08. The molecule has 2 amide bonds. The number of hydrogen-bond donors (Lipinski definition) is 2. The van der Waals surface area contributed by atoms with Gasteiger partial charge >= 0.3 is 6.03 Å². The molecule has 1 aromatic rings. The Kier molecular flexibility index (Phi) is 7.02. The first kappa shape index (κ1) is 17.0. The van der Waals surface area contributed by atoms with Crippen LogP contribution in [0.1, 0.15) is 25.0 Å². The van der Waals surface area contributed by atoms with Gasteiger partial charge in [-0.1, -0.05) is 29.8 Å². The summed E-state index contributed by atoms with van der Waals surface area (Å²) in [7, 11) is 0. The van der Waals surface area contributed by atoms with Crippen molar-refractivity contribution in [2.75, 3.05) is 31.5 Å². The minimum atomic E-state index is -0.148. The van der Waals surface area contributed by atoms with Crippen molar-refractivity contribution in [3.05, 3.63) is 27.7 Å². The van der Waals surface area contributed by atoms with Crippen LogP contribution in [0.3, 0.4) is 0 Å². The number of hydrogen-bond acceptors (Lipinski definition) is 2.